The first-order valence-corrected chi connectivity index (χ1v) is 13.0. The minimum absolute atomic E-state index is 0.0211. The van der Waals surface area contributed by atoms with Gasteiger partial charge < -0.3 is 20.1 Å². The van der Waals surface area contributed by atoms with Crippen LogP contribution in [0.15, 0.2) is 48.5 Å². The van der Waals surface area contributed by atoms with Crippen molar-refractivity contribution in [3.63, 3.8) is 0 Å². The Morgan fingerprint density at radius 3 is 1.33 bits per heavy atom. The van der Waals surface area contributed by atoms with E-state index in [0.717, 1.165) is 77.1 Å². The molecule has 8 nitrogen and oxygen atoms in total. The largest absolute Gasteiger partial charge is 0.379 e. The molecule has 4 rings (SSSR count). The molecule has 2 saturated heterocycles. The van der Waals surface area contributed by atoms with Crippen LogP contribution in [0.1, 0.15) is 36.8 Å². The molecule has 0 aliphatic carbocycles. The van der Waals surface area contributed by atoms with Gasteiger partial charge in [0.05, 0.1) is 26.4 Å². The van der Waals surface area contributed by atoms with Crippen LogP contribution in [0.2, 0.25) is 0 Å². The second-order valence-corrected chi connectivity index (χ2v) is 9.47. The van der Waals surface area contributed by atoms with Crippen LogP contribution in [0.5, 0.6) is 0 Å². The lowest BCUT2D eigenvalue weighted by atomic mass is 10.1. The highest BCUT2D eigenvalue weighted by atomic mass is 16.5. The van der Waals surface area contributed by atoms with E-state index in [0.29, 0.717) is 25.7 Å². The normalized spacial score (nSPS) is 17.0. The summed E-state index contributed by atoms with van der Waals surface area (Å²) in [4.78, 5) is 29.3. The standard InChI is InChI=1S/C28H38N4O4/c33-27(29-25-9-5-23(6-10-25)21-31-13-17-35-18-14-31)3-1-2-4-28(34)30-26-11-7-24(8-12-26)22-32-15-19-36-20-16-32/h5-12H,1-4,13-22H2,(H,29,33)(H,30,34). The molecule has 2 fully saturated rings. The summed E-state index contributed by atoms with van der Waals surface area (Å²) in [6, 6.07) is 16.0. The highest BCUT2D eigenvalue weighted by Gasteiger charge is 2.12. The van der Waals surface area contributed by atoms with Gasteiger partial charge in [-0.25, -0.2) is 0 Å². The Balaban J connectivity index is 1.08. The molecule has 0 aromatic heterocycles. The van der Waals surface area contributed by atoms with Crippen LogP contribution in [0.3, 0.4) is 0 Å². The van der Waals surface area contributed by atoms with Crippen LogP contribution in [0, 0.1) is 0 Å². The summed E-state index contributed by atoms with van der Waals surface area (Å²) in [5, 5.41) is 5.90. The number of carbonyl (C=O) groups excluding carboxylic acids is 2. The van der Waals surface area contributed by atoms with Gasteiger partial charge in [-0.05, 0) is 48.2 Å². The van der Waals surface area contributed by atoms with Crippen molar-refractivity contribution in [2.75, 3.05) is 63.2 Å². The molecule has 194 valence electrons. The third kappa shape index (κ3) is 9.02. The molecule has 0 atom stereocenters. The summed E-state index contributed by atoms with van der Waals surface area (Å²) in [5.41, 5.74) is 4.07. The fourth-order valence-corrected chi connectivity index (χ4v) is 4.44. The maximum atomic E-state index is 12.3. The van der Waals surface area contributed by atoms with E-state index in [1.807, 2.05) is 24.3 Å². The van der Waals surface area contributed by atoms with Crippen molar-refractivity contribution in [1.82, 2.24) is 9.80 Å². The van der Waals surface area contributed by atoms with Crippen LogP contribution >= 0.6 is 0 Å². The van der Waals surface area contributed by atoms with Gasteiger partial charge in [-0.2, -0.15) is 0 Å². The van der Waals surface area contributed by atoms with Crippen molar-refractivity contribution in [2.45, 2.75) is 38.8 Å². The molecule has 2 heterocycles. The minimum atomic E-state index is -0.0211. The summed E-state index contributed by atoms with van der Waals surface area (Å²) in [6.45, 7) is 8.79. The summed E-state index contributed by atoms with van der Waals surface area (Å²) in [7, 11) is 0. The molecule has 2 aliphatic heterocycles. The molecule has 36 heavy (non-hydrogen) atoms. The average Bonchev–Trinajstić information content (AvgIpc) is 2.90. The quantitative estimate of drug-likeness (QED) is 0.466. The Bertz CT molecular complexity index is 873. The Morgan fingerprint density at radius 2 is 0.972 bits per heavy atom. The van der Waals surface area contributed by atoms with Crippen LogP contribution in [0.25, 0.3) is 0 Å². The van der Waals surface area contributed by atoms with Crippen LogP contribution in [-0.2, 0) is 32.2 Å². The molecule has 2 aromatic carbocycles. The van der Waals surface area contributed by atoms with Crippen LogP contribution in [-0.4, -0.2) is 74.2 Å². The number of nitrogens with one attached hydrogen (secondary N) is 2. The van der Waals surface area contributed by atoms with E-state index < -0.39 is 0 Å². The summed E-state index contributed by atoms with van der Waals surface area (Å²) < 4.78 is 10.8. The smallest absolute Gasteiger partial charge is 0.224 e. The van der Waals surface area contributed by atoms with E-state index in [9.17, 15) is 9.59 Å². The van der Waals surface area contributed by atoms with Crippen molar-refractivity contribution in [1.29, 1.82) is 0 Å². The molecular weight excluding hydrogens is 456 g/mol. The van der Waals surface area contributed by atoms with Gasteiger partial charge >= 0.3 is 0 Å². The lowest BCUT2D eigenvalue weighted by Gasteiger charge is -2.26. The van der Waals surface area contributed by atoms with E-state index in [2.05, 4.69) is 44.7 Å². The van der Waals surface area contributed by atoms with Gasteiger partial charge in [-0.3, -0.25) is 19.4 Å². The van der Waals surface area contributed by atoms with Crippen molar-refractivity contribution in [2.24, 2.45) is 0 Å². The number of hydrogen-bond acceptors (Lipinski definition) is 6. The fourth-order valence-electron chi connectivity index (χ4n) is 4.44. The van der Waals surface area contributed by atoms with Crippen molar-refractivity contribution < 1.29 is 19.1 Å². The molecule has 0 unspecified atom stereocenters. The number of anilines is 2. The third-order valence-corrected chi connectivity index (χ3v) is 6.55. The first-order chi connectivity index (χ1) is 17.6. The lowest BCUT2D eigenvalue weighted by molar-refractivity contribution is -0.118. The number of benzene rings is 2. The number of unbranched alkanes of at least 4 members (excludes halogenated alkanes) is 1. The maximum absolute atomic E-state index is 12.3. The fraction of sp³-hybridized carbons (Fsp3) is 0.500. The van der Waals surface area contributed by atoms with Gasteiger partial charge in [0.15, 0.2) is 0 Å². The Hall–Kier alpha value is -2.78. The minimum Gasteiger partial charge on any atom is -0.379 e. The molecule has 2 aromatic rings. The Labute approximate surface area is 213 Å². The number of ether oxygens (including phenoxy) is 2. The SMILES string of the molecule is O=C(CCCCC(=O)Nc1ccc(CN2CCOCC2)cc1)Nc1ccc(CN2CCOCC2)cc1. The monoisotopic (exact) mass is 494 g/mol. The van der Waals surface area contributed by atoms with Crippen molar-refractivity contribution >= 4 is 23.2 Å². The molecule has 0 bridgehead atoms. The molecule has 0 radical (unpaired) electrons. The van der Waals surface area contributed by atoms with E-state index in [1.165, 1.54) is 11.1 Å². The number of carbonyl (C=O) groups is 2. The first kappa shape index (κ1) is 26.3. The third-order valence-electron chi connectivity index (χ3n) is 6.55. The predicted molar refractivity (Wildman–Crippen MR) is 141 cm³/mol. The van der Waals surface area contributed by atoms with E-state index in [4.69, 9.17) is 9.47 Å². The molecule has 2 N–H and O–H groups in total. The molecular formula is C28H38N4O4. The summed E-state index contributed by atoms with van der Waals surface area (Å²) in [6.07, 6.45) is 2.15. The first-order valence-electron chi connectivity index (χ1n) is 13.0. The Morgan fingerprint density at radius 1 is 0.611 bits per heavy atom. The molecule has 0 saturated carbocycles. The number of morpholine rings is 2. The van der Waals surface area contributed by atoms with E-state index in [1.54, 1.807) is 0 Å². The number of hydrogen-bond donors (Lipinski definition) is 2. The van der Waals surface area contributed by atoms with Gasteiger partial charge in [0.1, 0.15) is 0 Å². The highest BCUT2D eigenvalue weighted by Crippen LogP contribution is 2.15. The van der Waals surface area contributed by atoms with Crippen molar-refractivity contribution in [3.8, 4) is 0 Å². The molecule has 8 heteroatoms. The zero-order chi connectivity index (χ0) is 25.0. The number of rotatable bonds is 11. The second-order valence-electron chi connectivity index (χ2n) is 9.47. The van der Waals surface area contributed by atoms with Gasteiger partial charge in [0.2, 0.25) is 11.8 Å². The highest BCUT2D eigenvalue weighted by molar-refractivity contribution is 5.91. The average molecular weight is 495 g/mol. The van der Waals surface area contributed by atoms with Gasteiger partial charge in [-0.1, -0.05) is 24.3 Å². The van der Waals surface area contributed by atoms with Gasteiger partial charge in [0, 0.05) is 63.5 Å². The topological polar surface area (TPSA) is 83.1 Å². The lowest BCUT2D eigenvalue weighted by Crippen LogP contribution is -2.35. The van der Waals surface area contributed by atoms with Gasteiger partial charge in [-0.15, -0.1) is 0 Å². The Kier molecular flexibility index (Phi) is 10.3. The summed E-state index contributed by atoms with van der Waals surface area (Å²) in [5.74, 6) is -0.0422. The predicted octanol–water partition coefficient (Wildman–Crippen LogP) is 3.49. The number of nitrogens with zero attached hydrogens (tertiary/aromatic N) is 2. The zero-order valence-electron chi connectivity index (χ0n) is 21.0. The van der Waals surface area contributed by atoms with Crippen molar-refractivity contribution in [3.05, 3.63) is 59.7 Å². The second kappa shape index (κ2) is 14.1. The molecule has 2 aliphatic rings. The van der Waals surface area contributed by atoms with Crippen LogP contribution in [0.4, 0.5) is 11.4 Å². The van der Waals surface area contributed by atoms with Crippen LogP contribution < -0.4 is 10.6 Å². The number of amides is 2. The van der Waals surface area contributed by atoms with E-state index >= 15 is 0 Å². The van der Waals surface area contributed by atoms with Gasteiger partial charge in [0.25, 0.3) is 0 Å². The maximum Gasteiger partial charge on any atom is 0.224 e. The molecule has 2 amide bonds. The van der Waals surface area contributed by atoms with E-state index in [-0.39, 0.29) is 11.8 Å². The molecule has 0 spiro atoms. The summed E-state index contributed by atoms with van der Waals surface area (Å²) >= 11 is 0. The zero-order valence-corrected chi connectivity index (χ0v) is 21.0.